The maximum atomic E-state index is 12.2. The average molecular weight is 484 g/mol. The molecule has 3 N–H and O–H groups in total. The van der Waals surface area contributed by atoms with Crippen molar-refractivity contribution in [2.45, 2.75) is 45.3 Å². The summed E-state index contributed by atoms with van der Waals surface area (Å²) in [7, 11) is 0. The SMILES string of the molecule is C[C@@H](OC(=O)Nc1ccc(-c2cc3ccc(Oc4nccnc4N)cc3n2CC2CC2)cc1)C1CC1. The van der Waals surface area contributed by atoms with Crippen LogP contribution in [-0.4, -0.2) is 26.7 Å². The summed E-state index contributed by atoms with van der Waals surface area (Å²) in [5, 5.41) is 3.98. The maximum Gasteiger partial charge on any atom is 0.411 e. The van der Waals surface area contributed by atoms with Gasteiger partial charge in [-0.3, -0.25) is 5.32 Å². The Kier molecular flexibility index (Phi) is 5.71. The first kappa shape index (κ1) is 22.4. The maximum absolute atomic E-state index is 12.2. The number of aromatic nitrogens is 3. The van der Waals surface area contributed by atoms with Gasteiger partial charge in [0.25, 0.3) is 5.88 Å². The molecule has 0 aliphatic heterocycles. The van der Waals surface area contributed by atoms with Crippen molar-refractivity contribution < 1.29 is 14.3 Å². The lowest BCUT2D eigenvalue weighted by atomic mass is 10.1. The van der Waals surface area contributed by atoms with E-state index in [1.807, 2.05) is 43.3 Å². The van der Waals surface area contributed by atoms with Gasteiger partial charge in [-0.15, -0.1) is 0 Å². The number of hydrogen-bond donors (Lipinski definition) is 2. The number of nitrogens with zero attached hydrogens (tertiary/aromatic N) is 3. The number of fused-ring (bicyclic) bond motifs is 1. The van der Waals surface area contributed by atoms with Crippen molar-refractivity contribution in [3.8, 4) is 22.9 Å². The molecule has 4 aromatic rings. The Morgan fingerprint density at radius 3 is 2.58 bits per heavy atom. The fraction of sp³-hybridized carbons (Fsp3) is 0.321. The van der Waals surface area contributed by atoms with Gasteiger partial charge >= 0.3 is 6.09 Å². The number of amides is 1. The van der Waals surface area contributed by atoms with Crippen LogP contribution in [0.3, 0.4) is 0 Å². The zero-order valence-corrected chi connectivity index (χ0v) is 20.2. The van der Waals surface area contributed by atoms with E-state index in [1.54, 1.807) is 6.20 Å². The monoisotopic (exact) mass is 483 g/mol. The largest absolute Gasteiger partial charge is 0.446 e. The van der Waals surface area contributed by atoms with Crippen molar-refractivity contribution >= 4 is 28.5 Å². The highest BCUT2D eigenvalue weighted by atomic mass is 16.6. The summed E-state index contributed by atoms with van der Waals surface area (Å²) in [6.07, 6.45) is 7.43. The third-order valence-electron chi connectivity index (χ3n) is 6.92. The highest BCUT2D eigenvalue weighted by Gasteiger charge is 2.30. The lowest BCUT2D eigenvalue weighted by Gasteiger charge is -2.14. The quantitative estimate of drug-likeness (QED) is 0.308. The van der Waals surface area contributed by atoms with E-state index in [9.17, 15) is 4.79 Å². The van der Waals surface area contributed by atoms with Crippen molar-refractivity contribution in [1.82, 2.24) is 14.5 Å². The molecule has 0 spiro atoms. The fourth-order valence-electron chi connectivity index (χ4n) is 4.52. The lowest BCUT2D eigenvalue weighted by molar-refractivity contribution is 0.108. The Labute approximate surface area is 209 Å². The fourth-order valence-corrected chi connectivity index (χ4v) is 4.52. The van der Waals surface area contributed by atoms with Crippen molar-refractivity contribution in [2.75, 3.05) is 11.1 Å². The van der Waals surface area contributed by atoms with Crippen LogP contribution in [0.25, 0.3) is 22.2 Å². The van der Waals surface area contributed by atoms with E-state index in [4.69, 9.17) is 15.2 Å². The first-order valence-electron chi connectivity index (χ1n) is 12.5. The van der Waals surface area contributed by atoms with Crippen molar-refractivity contribution in [3.05, 3.63) is 60.9 Å². The predicted molar refractivity (Wildman–Crippen MR) is 139 cm³/mol. The number of carbonyl (C=O) groups excluding carboxylic acids is 1. The molecule has 2 aromatic heterocycles. The first-order valence-corrected chi connectivity index (χ1v) is 12.5. The topological polar surface area (TPSA) is 104 Å². The van der Waals surface area contributed by atoms with Crippen LogP contribution in [0.5, 0.6) is 11.6 Å². The summed E-state index contributed by atoms with van der Waals surface area (Å²) >= 11 is 0. The van der Waals surface area contributed by atoms with Gasteiger partial charge in [-0.1, -0.05) is 12.1 Å². The van der Waals surface area contributed by atoms with E-state index in [0.717, 1.165) is 41.5 Å². The second kappa shape index (κ2) is 9.18. The van der Waals surface area contributed by atoms with Crippen LogP contribution in [0.15, 0.2) is 60.9 Å². The number of benzene rings is 2. The predicted octanol–water partition coefficient (Wildman–Crippen LogP) is 6.23. The van der Waals surface area contributed by atoms with Gasteiger partial charge in [0.15, 0.2) is 5.82 Å². The third kappa shape index (κ3) is 4.84. The summed E-state index contributed by atoms with van der Waals surface area (Å²) in [6, 6.07) is 16.1. The van der Waals surface area contributed by atoms with Crippen LogP contribution in [-0.2, 0) is 11.3 Å². The van der Waals surface area contributed by atoms with Gasteiger partial charge in [0.2, 0.25) is 0 Å². The van der Waals surface area contributed by atoms with Crippen LogP contribution >= 0.6 is 0 Å². The van der Waals surface area contributed by atoms with E-state index in [1.165, 1.54) is 19.0 Å². The summed E-state index contributed by atoms with van der Waals surface area (Å²) in [6.45, 7) is 2.90. The highest BCUT2D eigenvalue weighted by molar-refractivity contribution is 5.89. The van der Waals surface area contributed by atoms with Crippen molar-refractivity contribution in [1.29, 1.82) is 0 Å². The number of hydrogen-bond acceptors (Lipinski definition) is 6. The van der Waals surface area contributed by atoms with E-state index in [0.29, 0.717) is 29.2 Å². The zero-order valence-electron chi connectivity index (χ0n) is 20.2. The van der Waals surface area contributed by atoms with Gasteiger partial charge in [0.1, 0.15) is 11.9 Å². The van der Waals surface area contributed by atoms with Gasteiger partial charge in [-0.2, -0.15) is 0 Å². The van der Waals surface area contributed by atoms with Gasteiger partial charge < -0.3 is 19.8 Å². The highest BCUT2D eigenvalue weighted by Crippen LogP contribution is 2.38. The molecule has 2 fully saturated rings. The molecule has 0 bridgehead atoms. The molecule has 36 heavy (non-hydrogen) atoms. The first-order chi connectivity index (χ1) is 17.5. The molecule has 0 unspecified atom stereocenters. The van der Waals surface area contributed by atoms with Gasteiger partial charge in [0, 0.05) is 41.8 Å². The second-order valence-electron chi connectivity index (χ2n) is 9.80. The van der Waals surface area contributed by atoms with E-state index in [2.05, 4.69) is 32.0 Å². The molecule has 0 radical (unpaired) electrons. The number of nitrogen functional groups attached to an aromatic ring is 1. The van der Waals surface area contributed by atoms with E-state index < -0.39 is 6.09 Å². The van der Waals surface area contributed by atoms with Gasteiger partial charge in [0.05, 0.1) is 5.52 Å². The van der Waals surface area contributed by atoms with Crippen LogP contribution in [0.4, 0.5) is 16.3 Å². The summed E-state index contributed by atoms with van der Waals surface area (Å²) < 4.78 is 13.8. The molecule has 2 saturated carbocycles. The third-order valence-corrected chi connectivity index (χ3v) is 6.92. The molecule has 0 saturated heterocycles. The van der Waals surface area contributed by atoms with Crippen LogP contribution in [0.2, 0.25) is 0 Å². The Bertz CT molecular complexity index is 1410. The molecule has 1 amide bonds. The number of nitrogens with one attached hydrogen (secondary N) is 1. The molecule has 6 rings (SSSR count). The molecule has 2 aliphatic carbocycles. The minimum atomic E-state index is -0.402. The Hall–Kier alpha value is -4.07. The molecule has 2 aliphatic rings. The average Bonchev–Trinajstić information content (AvgIpc) is 3.79. The second-order valence-corrected chi connectivity index (χ2v) is 9.80. The number of anilines is 2. The van der Waals surface area contributed by atoms with Crippen molar-refractivity contribution in [3.63, 3.8) is 0 Å². The van der Waals surface area contributed by atoms with Gasteiger partial charge in [-0.25, -0.2) is 14.8 Å². The summed E-state index contributed by atoms with van der Waals surface area (Å²) in [5.41, 5.74) is 9.93. The number of ether oxygens (including phenoxy) is 2. The molecule has 2 aromatic carbocycles. The zero-order chi connectivity index (χ0) is 24.6. The Morgan fingerprint density at radius 2 is 1.86 bits per heavy atom. The minimum Gasteiger partial charge on any atom is -0.446 e. The smallest absolute Gasteiger partial charge is 0.411 e. The number of nitrogens with two attached hydrogens (primary N) is 1. The molecule has 2 heterocycles. The van der Waals surface area contributed by atoms with E-state index >= 15 is 0 Å². The normalized spacial score (nSPS) is 16.0. The molecular formula is C28H29N5O3. The molecule has 8 nitrogen and oxygen atoms in total. The molecule has 1 atom stereocenters. The summed E-state index contributed by atoms with van der Waals surface area (Å²) in [4.78, 5) is 20.5. The lowest BCUT2D eigenvalue weighted by Crippen LogP contribution is -2.21. The standard InChI is InChI=1S/C28H29N5O3/c1-17(19-4-5-19)35-28(34)32-22-9-6-20(7-10-22)24-14-21-8-11-23(36-27-26(29)30-12-13-31-27)15-25(21)33(24)16-18-2-3-18/h6-15,17-19H,2-5,16H2,1H3,(H2,29,30)(H,32,34)/t17-/m1/s1. The molecular weight excluding hydrogens is 454 g/mol. The Morgan fingerprint density at radius 1 is 1.08 bits per heavy atom. The molecule has 184 valence electrons. The summed E-state index contributed by atoms with van der Waals surface area (Å²) in [5.74, 6) is 2.41. The number of rotatable bonds is 8. The van der Waals surface area contributed by atoms with Crippen LogP contribution in [0.1, 0.15) is 32.6 Å². The Balaban J connectivity index is 1.26. The van der Waals surface area contributed by atoms with Crippen LogP contribution < -0.4 is 15.8 Å². The van der Waals surface area contributed by atoms with E-state index in [-0.39, 0.29) is 11.9 Å². The van der Waals surface area contributed by atoms with Crippen LogP contribution in [0, 0.1) is 11.8 Å². The van der Waals surface area contributed by atoms with Crippen molar-refractivity contribution in [2.24, 2.45) is 11.8 Å². The molecule has 8 heteroatoms. The minimum absolute atomic E-state index is 0.0401. The van der Waals surface area contributed by atoms with Gasteiger partial charge in [-0.05, 0) is 80.3 Å². The number of carbonyl (C=O) groups is 1.